The molecular formula is C12H11Cl2NOS. The van der Waals surface area contributed by atoms with Crippen LogP contribution in [0.25, 0.3) is 0 Å². The van der Waals surface area contributed by atoms with Crippen molar-refractivity contribution in [2.45, 2.75) is 19.1 Å². The van der Waals surface area contributed by atoms with Gasteiger partial charge in [-0.1, -0.05) is 37.0 Å². The average molecular weight is 288 g/mol. The van der Waals surface area contributed by atoms with Gasteiger partial charge in [0.15, 0.2) is 5.78 Å². The van der Waals surface area contributed by atoms with Crippen molar-refractivity contribution < 1.29 is 4.79 Å². The topological polar surface area (TPSA) is 40.9 Å². The van der Waals surface area contributed by atoms with Crippen LogP contribution in [-0.2, 0) is 0 Å². The van der Waals surface area contributed by atoms with E-state index in [1.165, 1.54) is 6.07 Å². The van der Waals surface area contributed by atoms with Crippen molar-refractivity contribution in [3.05, 3.63) is 33.8 Å². The number of hydrogen-bond acceptors (Lipinski definition) is 3. The van der Waals surface area contributed by atoms with E-state index in [2.05, 4.69) is 0 Å². The fourth-order valence-corrected chi connectivity index (χ4v) is 2.51. The Morgan fingerprint density at radius 3 is 2.53 bits per heavy atom. The Morgan fingerprint density at radius 1 is 1.41 bits per heavy atom. The third-order valence-electron chi connectivity index (χ3n) is 2.24. The zero-order chi connectivity index (χ0) is 13.0. The van der Waals surface area contributed by atoms with Gasteiger partial charge in [-0.05, 0) is 35.9 Å². The molecule has 0 aliphatic carbocycles. The van der Waals surface area contributed by atoms with Gasteiger partial charge in [-0.3, -0.25) is 4.79 Å². The number of ketones is 1. The van der Waals surface area contributed by atoms with Crippen LogP contribution in [0.3, 0.4) is 0 Å². The molecule has 0 aliphatic heterocycles. The zero-order valence-corrected chi connectivity index (χ0v) is 11.7. The van der Waals surface area contributed by atoms with Crippen molar-refractivity contribution in [2.24, 2.45) is 5.92 Å². The molecule has 0 bridgehead atoms. The van der Waals surface area contributed by atoms with Crippen LogP contribution in [-0.4, -0.2) is 11.0 Å². The molecule has 0 radical (unpaired) electrons. The van der Waals surface area contributed by atoms with Crippen LogP contribution in [0.5, 0.6) is 0 Å². The third-order valence-corrected chi connectivity index (χ3v) is 3.91. The number of Topliss-reactive ketones (excluding diaryl/α,β-unsaturated/α-hetero) is 1. The summed E-state index contributed by atoms with van der Waals surface area (Å²) in [7, 11) is 0. The second-order valence-corrected chi connectivity index (χ2v) is 5.63. The molecule has 17 heavy (non-hydrogen) atoms. The molecule has 0 fully saturated rings. The highest BCUT2D eigenvalue weighted by Crippen LogP contribution is 2.28. The van der Waals surface area contributed by atoms with Gasteiger partial charge in [-0.2, -0.15) is 5.26 Å². The highest BCUT2D eigenvalue weighted by Gasteiger charge is 2.25. The van der Waals surface area contributed by atoms with E-state index >= 15 is 0 Å². The third kappa shape index (κ3) is 3.64. The second kappa shape index (κ2) is 6.30. The maximum Gasteiger partial charge on any atom is 0.178 e. The molecule has 90 valence electrons. The van der Waals surface area contributed by atoms with Gasteiger partial charge >= 0.3 is 0 Å². The van der Waals surface area contributed by atoms with Crippen molar-refractivity contribution in [3.8, 4) is 5.40 Å². The molecule has 0 saturated carbocycles. The number of rotatable bonds is 4. The predicted octanol–water partition coefficient (Wildman–Crippen LogP) is 4.41. The smallest absolute Gasteiger partial charge is 0.178 e. The highest BCUT2D eigenvalue weighted by atomic mass is 35.5. The SMILES string of the molecule is CC(C)C(SC#N)C(=O)c1ccc(Cl)cc1Cl. The van der Waals surface area contributed by atoms with Gasteiger partial charge in [-0.25, -0.2) is 0 Å². The van der Waals surface area contributed by atoms with E-state index in [0.29, 0.717) is 15.6 Å². The number of hydrogen-bond donors (Lipinski definition) is 0. The summed E-state index contributed by atoms with van der Waals surface area (Å²) >= 11 is 12.7. The lowest BCUT2D eigenvalue weighted by Gasteiger charge is -2.16. The molecule has 0 spiro atoms. The van der Waals surface area contributed by atoms with Crippen LogP contribution in [0, 0.1) is 16.6 Å². The first kappa shape index (κ1) is 14.4. The number of carbonyl (C=O) groups excluding carboxylic acids is 1. The Bertz CT molecular complexity index is 468. The lowest BCUT2D eigenvalue weighted by molar-refractivity contribution is 0.0976. The van der Waals surface area contributed by atoms with Crippen LogP contribution in [0.2, 0.25) is 10.0 Å². The minimum atomic E-state index is -0.404. The molecule has 1 aromatic rings. The maximum atomic E-state index is 12.2. The van der Waals surface area contributed by atoms with Crippen LogP contribution in [0.4, 0.5) is 0 Å². The van der Waals surface area contributed by atoms with Crippen LogP contribution >= 0.6 is 35.0 Å². The lowest BCUT2D eigenvalue weighted by atomic mass is 10.0. The zero-order valence-electron chi connectivity index (χ0n) is 9.41. The number of nitrogens with zero attached hydrogens (tertiary/aromatic N) is 1. The minimum absolute atomic E-state index is 0.0684. The van der Waals surface area contributed by atoms with Gasteiger partial charge in [0.05, 0.1) is 10.3 Å². The van der Waals surface area contributed by atoms with E-state index in [0.717, 1.165) is 11.8 Å². The number of thioether (sulfide) groups is 1. The van der Waals surface area contributed by atoms with Crippen molar-refractivity contribution >= 4 is 40.7 Å². The molecule has 0 heterocycles. The molecule has 0 amide bonds. The number of benzene rings is 1. The Hall–Kier alpha value is -0.690. The number of nitriles is 1. The summed E-state index contributed by atoms with van der Waals surface area (Å²) in [6.45, 7) is 3.80. The van der Waals surface area contributed by atoms with Crippen LogP contribution in [0.15, 0.2) is 18.2 Å². The van der Waals surface area contributed by atoms with Crippen molar-refractivity contribution in [1.82, 2.24) is 0 Å². The van der Waals surface area contributed by atoms with Gasteiger partial charge in [0.1, 0.15) is 5.40 Å². The van der Waals surface area contributed by atoms with Gasteiger partial charge < -0.3 is 0 Å². The molecule has 1 rings (SSSR count). The predicted molar refractivity (Wildman–Crippen MR) is 72.6 cm³/mol. The molecule has 5 heteroatoms. The largest absolute Gasteiger partial charge is 0.293 e. The van der Waals surface area contributed by atoms with E-state index < -0.39 is 5.25 Å². The Balaban J connectivity index is 3.06. The Labute approximate surface area is 115 Å². The fourth-order valence-electron chi connectivity index (χ4n) is 1.39. The molecule has 0 aliphatic rings. The van der Waals surface area contributed by atoms with Crippen LogP contribution < -0.4 is 0 Å². The molecular weight excluding hydrogens is 277 g/mol. The second-order valence-electron chi connectivity index (χ2n) is 3.86. The minimum Gasteiger partial charge on any atom is -0.293 e. The van der Waals surface area contributed by atoms with Crippen molar-refractivity contribution in [1.29, 1.82) is 5.26 Å². The van der Waals surface area contributed by atoms with Gasteiger partial charge in [0.2, 0.25) is 0 Å². The summed E-state index contributed by atoms with van der Waals surface area (Å²) in [5.74, 6) is -0.0629. The number of thiocyanates is 1. The summed E-state index contributed by atoms with van der Waals surface area (Å²) in [5, 5.41) is 11.1. The maximum absolute atomic E-state index is 12.2. The molecule has 2 nitrogen and oxygen atoms in total. The van der Waals surface area contributed by atoms with Gasteiger partial charge in [0, 0.05) is 10.6 Å². The van der Waals surface area contributed by atoms with E-state index in [4.69, 9.17) is 28.5 Å². The first-order valence-electron chi connectivity index (χ1n) is 5.01. The standard InChI is InChI=1S/C12H11Cl2NOS/c1-7(2)12(17-6-15)11(16)9-4-3-8(13)5-10(9)14/h3-5,7,12H,1-2H3. The Morgan fingerprint density at radius 2 is 2.06 bits per heavy atom. The summed E-state index contributed by atoms with van der Waals surface area (Å²) < 4.78 is 0. The molecule has 1 unspecified atom stereocenters. The van der Waals surface area contributed by atoms with E-state index in [9.17, 15) is 4.79 Å². The van der Waals surface area contributed by atoms with E-state index in [1.54, 1.807) is 12.1 Å². The monoisotopic (exact) mass is 287 g/mol. The molecule has 0 saturated heterocycles. The van der Waals surface area contributed by atoms with Crippen LogP contribution in [0.1, 0.15) is 24.2 Å². The van der Waals surface area contributed by atoms with Gasteiger partial charge in [0.25, 0.3) is 0 Å². The number of halogens is 2. The van der Waals surface area contributed by atoms with Gasteiger partial charge in [-0.15, -0.1) is 0 Å². The summed E-state index contributed by atoms with van der Waals surface area (Å²) in [6.07, 6.45) is 0. The van der Waals surface area contributed by atoms with Crippen molar-refractivity contribution in [3.63, 3.8) is 0 Å². The first-order chi connectivity index (χ1) is 7.97. The fraction of sp³-hybridized carbons (Fsp3) is 0.333. The number of carbonyl (C=O) groups is 1. The lowest BCUT2D eigenvalue weighted by Crippen LogP contribution is -2.23. The summed E-state index contributed by atoms with van der Waals surface area (Å²) in [6, 6.07) is 4.75. The summed E-state index contributed by atoms with van der Waals surface area (Å²) in [4.78, 5) is 12.2. The Kier molecular flexibility index (Phi) is 5.32. The summed E-state index contributed by atoms with van der Waals surface area (Å²) in [5.41, 5.74) is 0.414. The molecule has 1 atom stereocenters. The van der Waals surface area contributed by atoms with Crippen molar-refractivity contribution in [2.75, 3.05) is 0 Å². The molecule has 0 aromatic heterocycles. The first-order valence-corrected chi connectivity index (χ1v) is 6.65. The normalized spacial score (nSPS) is 12.2. The molecule has 1 aromatic carbocycles. The quantitative estimate of drug-likeness (QED) is 0.608. The average Bonchev–Trinajstić information content (AvgIpc) is 2.24. The van der Waals surface area contributed by atoms with E-state index in [1.807, 2.05) is 19.2 Å². The highest BCUT2D eigenvalue weighted by molar-refractivity contribution is 8.05. The van der Waals surface area contributed by atoms with E-state index in [-0.39, 0.29) is 11.7 Å². The molecule has 0 N–H and O–H groups in total.